The first-order valence-electron chi connectivity index (χ1n) is 3.26. The van der Waals surface area contributed by atoms with Crippen LogP contribution in [0.3, 0.4) is 0 Å². The molecule has 0 saturated carbocycles. The Balaban J connectivity index is 2.75. The molecule has 0 spiro atoms. The number of ether oxygens (including phenoxy) is 1. The molecule has 1 aromatic heterocycles. The molecule has 12 heavy (non-hydrogen) atoms. The van der Waals surface area contributed by atoms with Crippen molar-refractivity contribution in [1.82, 2.24) is 9.97 Å². The Morgan fingerprint density at radius 3 is 2.83 bits per heavy atom. The zero-order valence-electron chi connectivity index (χ0n) is 6.45. The number of carbonyl (C=O) groups is 1. The van der Waals surface area contributed by atoms with Crippen molar-refractivity contribution in [2.24, 2.45) is 0 Å². The number of esters is 1. The maximum atomic E-state index is 10.8. The molecule has 5 heteroatoms. The van der Waals surface area contributed by atoms with Crippen molar-refractivity contribution in [2.45, 2.75) is 6.42 Å². The molecule has 1 aromatic rings. The van der Waals surface area contributed by atoms with E-state index in [1.165, 1.54) is 19.5 Å². The predicted molar refractivity (Wildman–Crippen MR) is 42.8 cm³/mol. The van der Waals surface area contributed by atoms with Gasteiger partial charge in [-0.3, -0.25) is 9.78 Å². The van der Waals surface area contributed by atoms with E-state index in [2.05, 4.69) is 14.7 Å². The minimum atomic E-state index is -0.377. The van der Waals surface area contributed by atoms with Crippen LogP contribution in [-0.2, 0) is 16.0 Å². The van der Waals surface area contributed by atoms with Crippen molar-refractivity contribution < 1.29 is 9.53 Å². The van der Waals surface area contributed by atoms with E-state index in [4.69, 9.17) is 11.6 Å². The fourth-order valence-corrected chi connectivity index (χ4v) is 0.849. The third-order valence-corrected chi connectivity index (χ3v) is 1.58. The van der Waals surface area contributed by atoms with Gasteiger partial charge in [0.1, 0.15) is 0 Å². The molecule has 0 radical (unpaired) electrons. The lowest BCUT2D eigenvalue weighted by Gasteiger charge is -1.99. The highest BCUT2D eigenvalue weighted by Crippen LogP contribution is 2.08. The van der Waals surface area contributed by atoms with E-state index < -0.39 is 0 Å². The van der Waals surface area contributed by atoms with E-state index >= 15 is 0 Å². The van der Waals surface area contributed by atoms with Gasteiger partial charge in [0.2, 0.25) is 0 Å². The highest BCUT2D eigenvalue weighted by atomic mass is 35.5. The number of hydrogen-bond donors (Lipinski definition) is 0. The highest BCUT2D eigenvalue weighted by molar-refractivity contribution is 6.30. The maximum absolute atomic E-state index is 10.8. The molecule has 64 valence electrons. The van der Waals surface area contributed by atoms with Gasteiger partial charge in [0, 0.05) is 12.4 Å². The first-order valence-corrected chi connectivity index (χ1v) is 3.64. The van der Waals surface area contributed by atoms with Gasteiger partial charge in [0.05, 0.1) is 19.2 Å². The summed E-state index contributed by atoms with van der Waals surface area (Å²) in [5, 5.41) is 0.239. The summed E-state index contributed by atoms with van der Waals surface area (Å²) < 4.78 is 4.44. The molecule has 4 nitrogen and oxygen atoms in total. The van der Waals surface area contributed by atoms with Crippen molar-refractivity contribution in [2.75, 3.05) is 7.11 Å². The van der Waals surface area contributed by atoms with Gasteiger partial charge in [0.25, 0.3) is 0 Å². The Kier molecular flexibility index (Phi) is 2.99. The van der Waals surface area contributed by atoms with Crippen molar-refractivity contribution >= 4 is 17.6 Å². The van der Waals surface area contributed by atoms with E-state index in [1.54, 1.807) is 0 Å². The lowest BCUT2D eigenvalue weighted by molar-refractivity contribution is -0.139. The SMILES string of the molecule is COC(=O)Cc1nccnc1Cl. The number of aromatic nitrogens is 2. The molecule has 0 aliphatic heterocycles. The average molecular weight is 187 g/mol. The zero-order valence-corrected chi connectivity index (χ0v) is 7.21. The molecule has 0 atom stereocenters. The normalized spacial score (nSPS) is 9.50. The lowest BCUT2D eigenvalue weighted by atomic mass is 10.3. The number of rotatable bonds is 2. The second kappa shape index (κ2) is 4.01. The minimum absolute atomic E-state index is 0.0587. The molecule has 0 aromatic carbocycles. The Labute approximate surface area is 74.5 Å². The Morgan fingerprint density at radius 1 is 1.58 bits per heavy atom. The van der Waals surface area contributed by atoms with Crippen molar-refractivity contribution in [3.8, 4) is 0 Å². The van der Waals surface area contributed by atoms with E-state index in [-0.39, 0.29) is 17.5 Å². The molecule has 1 heterocycles. The van der Waals surface area contributed by atoms with Crippen LogP contribution in [0.25, 0.3) is 0 Å². The van der Waals surface area contributed by atoms with Crippen molar-refractivity contribution in [1.29, 1.82) is 0 Å². The van der Waals surface area contributed by atoms with Crippen molar-refractivity contribution in [3.63, 3.8) is 0 Å². The van der Waals surface area contributed by atoms with E-state index in [1.807, 2.05) is 0 Å². The van der Waals surface area contributed by atoms with Gasteiger partial charge >= 0.3 is 5.97 Å². The van der Waals surface area contributed by atoms with Crippen LogP contribution < -0.4 is 0 Å². The van der Waals surface area contributed by atoms with Gasteiger partial charge in [-0.1, -0.05) is 11.6 Å². The summed E-state index contributed by atoms with van der Waals surface area (Å²) in [5.41, 5.74) is 0.436. The summed E-state index contributed by atoms with van der Waals surface area (Å²) in [6, 6.07) is 0. The molecule has 0 aliphatic rings. The van der Waals surface area contributed by atoms with Crippen LogP contribution in [0.4, 0.5) is 0 Å². The fourth-order valence-electron chi connectivity index (χ4n) is 0.677. The van der Waals surface area contributed by atoms with Crippen molar-refractivity contribution in [3.05, 3.63) is 23.2 Å². The third-order valence-electron chi connectivity index (χ3n) is 1.26. The van der Waals surface area contributed by atoms with Crippen LogP contribution in [0.15, 0.2) is 12.4 Å². The number of hydrogen-bond acceptors (Lipinski definition) is 4. The monoisotopic (exact) mass is 186 g/mol. The molecule has 0 unspecified atom stereocenters. The topological polar surface area (TPSA) is 52.1 Å². The molecular formula is C7H7ClN2O2. The van der Waals surface area contributed by atoms with Crippen LogP contribution in [-0.4, -0.2) is 23.0 Å². The van der Waals surface area contributed by atoms with Crippen LogP contribution in [0.5, 0.6) is 0 Å². The van der Waals surface area contributed by atoms with E-state index in [9.17, 15) is 4.79 Å². The molecule has 0 amide bonds. The van der Waals surface area contributed by atoms with Crippen LogP contribution in [0.2, 0.25) is 5.15 Å². The van der Waals surface area contributed by atoms with E-state index in [0.717, 1.165) is 0 Å². The first-order chi connectivity index (χ1) is 5.74. The number of halogens is 1. The Morgan fingerprint density at radius 2 is 2.25 bits per heavy atom. The fraction of sp³-hybridized carbons (Fsp3) is 0.286. The van der Waals surface area contributed by atoms with Gasteiger partial charge < -0.3 is 4.74 Å². The largest absolute Gasteiger partial charge is 0.469 e. The second-order valence-corrected chi connectivity index (χ2v) is 2.40. The average Bonchev–Trinajstić information content (AvgIpc) is 2.09. The smallest absolute Gasteiger partial charge is 0.311 e. The highest BCUT2D eigenvalue weighted by Gasteiger charge is 2.07. The summed E-state index contributed by atoms with van der Waals surface area (Å²) in [4.78, 5) is 18.4. The predicted octanol–water partition coefficient (Wildman–Crippen LogP) is 0.845. The molecule has 0 N–H and O–H groups in total. The maximum Gasteiger partial charge on any atom is 0.311 e. The van der Waals surface area contributed by atoms with Crippen LogP contribution in [0, 0.1) is 0 Å². The Bertz CT molecular complexity index is 290. The van der Waals surface area contributed by atoms with Gasteiger partial charge in [-0.05, 0) is 0 Å². The Hall–Kier alpha value is -1.16. The molecule has 1 rings (SSSR count). The van der Waals surface area contributed by atoms with Crippen LogP contribution >= 0.6 is 11.6 Å². The van der Waals surface area contributed by atoms with Crippen LogP contribution in [0.1, 0.15) is 5.69 Å². The number of carbonyl (C=O) groups excluding carboxylic acids is 1. The summed E-state index contributed by atoms with van der Waals surface area (Å²) in [7, 11) is 1.31. The zero-order chi connectivity index (χ0) is 8.97. The third kappa shape index (κ3) is 2.17. The van der Waals surface area contributed by atoms with Gasteiger partial charge in [-0.25, -0.2) is 4.98 Å². The number of methoxy groups -OCH3 is 1. The number of nitrogens with zero attached hydrogens (tertiary/aromatic N) is 2. The van der Waals surface area contributed by atoms with Gasteiger partial charge in [-0.2, -0.15) is 0 Å². The first kappa shape index (κ1) is 8.93. The van der Waals surface area contributed by atoms with Gasteiger partial charge in [-0.15, -0.1) is 0 Å². The summed E-state index contributed by atoms with van der Waals surface area (Å²) in [5.74, 6) is -0.377. The quantitative estimate of drug-likeness (QED) is 0.643. The minimum Gasteiger partial charge on any atom is -0.469 e. The van der Waals surface area contributed by atoms with Gasteiger partial charge in [0.15, 0.2) is 5.15 Å². The molecule has 0 aliphatic carbocycles. The lowest BCUT2D eigenvalue weighted by Crippen LogP contribution is -2.06. The summed E-state index contributed by atoms with van der Waals surface area (Å²) >= 11 is 5.64. The van der Waals surface area contributed by atoms with E-state index in [0.29, 0.717) is 5.69 Å². The molecule has 0 saturated heterocycles. The molecule has 0 fully saturated rings. The standard InChI is InChI=1S/C7H7ClN2O2/c1-12-6(11)4-5-7(8)10-3-2-9-5/h2-3H,4H2,1H3. The molecule has 0 bridgehead atoms. The second-order valence-electron chi connectivity index (χ2n) is 2.05. The summed E-state index contributed by atoms with van der Waals surface area (Å²) in [6.45, 7) is 0. The summed E-state index contributed by atoms with van der Waals surface area (Å²) in [6.07, 6.45) is 3.00. The molecular weight excluding hydrogens is 180 g/mol.